The van der Waals surface area contributed by atoms with Gasteiger partial charge in [-0.3, -0.25) is 9.59 Å². The number of fused-ring (bicyclic) bond motifs is 1. The number of hydrogen-bond donors (Lipinski definition) is 1. The summed E-state index contributed by atoms with van der Waals surface area (Å²) >= 11 is 0. The van der Waals surface area contributed by atoms with Crippen molar-refractivity contribution in [3.63, 3.8) is 0 Å². The molecule has 2 rings (SSSR count). The van der Waals surface area contributed by atoms with Crippen LogP contribution in [0.3, 0.4) is 0 Å². The summed E-state index contributed by atoms with van der Waals surface area (Å²) in [6.07, 6.45) is 2.27. The number of carbonyl (C=O) groups excluding carboxylic acids is 2. The molecule has 0 aliphatic carbocycles. The summed E-state index contributed by atoms with van der Waals surface area (Å²) in [7, 11) is 1.48. The molecule has 1 aromatic heterocycles. The van der Waals surface area contributed by atoms with Crippen LogP contribution in [-0.2, 0) is 22.5 Å². The first-order chi connectivity index (χ1) is 8.61. The molecule has 1 aromatic rings. The van der Waals surface area contributed by atoms with Gasteiger partial charge in [0.05, 0.1) is 12.2 Å². The van der Waals surface area contributed by atoms with Crippen LogP contribution in [0.25, 0.3) is 0 Å². The third-order valence-electron chi connectivity index (χ3n) is 2.79. The second kappa shape index (κ2) is 5.09. The molecule has 0 unspecified atom stereocenters. The molecule has 96 valence electrons. The van der Waals surface area contributed by atoms with E-state index in [2.05, 4.69) is 9.97 Å². The largest absolute Gasteiger partial charge is 0.375 e. The summed E-state index contributed by atoms with van der Waals surface area (Å²) in [6.45, 7) is 1.01. The van der Waals surface area contributed by atoms with Crippen LogP contribution in [-0.4, -0.2) is 46.9 Å². The first-order valence-corrected chi connectivity index (χ1v) is 5.53. The summed E-state index contributed by atoms with van der Waals surface area (Å²) in [5.41, 5.74) is 6.75. The zero-order valence-corrected chi connectivity index (χ0v) is 10.0. The van der Waals surface area contributed by atoms with E-state index in [4.69, 9.17) is 10.5 Å². The van der Waals surface area contributed by atoms with Crippen LogP contribution in [0.5, 0.6) is 0 Å². The van der Waals surface area contributed by atoms with Gasteiger partial charge < -0.3 is 15.4 Å². The van der Waals surface area contributed by atoms with E-state index in [1.165, 1.54) is 7.11 Å². The number of ether oxygens (including phenoxy) is 1. The molecule has 0 spiro atoms. The lowest BCUT2D eigenvalue weighted by Crippen LogP contribution is -2.38. The molecule has 0 aromatic carbocycles. The zero-order chi connectivity index (χ0) is 13.1. The van der Waals surface area contributed by atoms with Crippen LogP contribution in [0.2, 0.25) is 0 Å². The minimum absolute atomic E-state index is 0.0187. The lowest BCUT2D eigenvalue weighted by Gasteiger charge is -2.27. The van der Waals surface area contributed by atoms with Gasteiger partial charge in [0.1, 0.15) is 6.61 Å². The average Bonchev–Trinajstić information content (AvgIpc) is 2.37. The number of rotatable bonds is 3. The summed E-state index contributed by atoms with van der Waals surface area (Å²) in [5, 5.41) is 0. The Kier molecular flexibility index (Phi) is 3.52. The van der Waals surface area contributed by atoms with Crippen molar-refractivity contribution < 1.29 is 14.3 Å². The van der Waals surface area contributed by atoms with Gasteiger partial charge in [-0.2, -0.15) is 0 Å². The van der Waals surface area contributed by atoms with Crippen LogP contribution in [0.1, 0.15) is 21.9 Å². The van der Waals surface area contributed by atoms with Crippen molar-refractivity contribution in [2.24, 2.45) is 5.73 Å². The molecule has 2 N–H and O–H groups in total. The Labute approximate surface area is 104 Å². The highest BCUT2D eigenvalue weighted by Crippen LogP contribution is 2.16. The van der Waals surface area contributed by atoms with E-state index < -0.39 is 5.91 Å². The van der Waals surface area contributed by atoms with Crippen molar-refractivity contribution in [3.8, 4) is 0 Å². The molecule has 0 saturated carbocycles. The summed E-state index contributed by atoms with van der Waals surface area (Å²) in [5.74, 6) is -0.782. The molecule has 0 atom stereocenters. The lowest BCUT2D eigenvalue weighted by molar-refractivity contribution is -0.136. The molecular formula is C11H14N4O3. The SMILES string of the molecule is COCC(=O)N1CCc2cnc(C(N)=O)nc2C1. The van der Waals surface area contributed by atoms with E-state index in [1.807, 2.05) is 0 Å². The third kappa shape index (κ3) is 2.45. The number of methoxy groups -OCH3 is 1. The Bertz CT molecular complexity index is 489. The number of nitrogens with zero attached hydrogens (tertiary/aromatic N) is 3. The van der Waals surface area contributed by atoms with Crippen LogP contribution in [0.15, 0.2) is 6.20 Å². The maximum atomic E-state index is 11.7. The van der Waals surface area contributed by atoms with E-state index in [9.17, 15) is 9.59 Å². The van der Waals surface area contributed by atoms with Crippen LogP contribution >= 0.6 is 0 Å². The Hall–Kier alpha value is -2.02. The second-order valence-corrected chi connectivity index (χ2v) is 4.03. The smallest absolute Gasteiger partial charge is 0.286 e. The molecule has 1 aliphatic rings. The third-order valence-corrected chi connectivity index (χ3v) is 2.79. The van der Waals surface area contributed by atoms with E-state index in [-0.39, 0.29) is 18.3 Å². The minimum Gasteiger partial charge on any atom is -0.375 e. The molecule has 0 bridgehead atoms. The van der Waals surface area contributed by atoms with Gasteiger partial charge in [0.2, 0.25) is 11.7 Å². The van der Waals surface area contributed by atoms with E-state index in [0.717, 1.165) is 5.56 Å². The molecular weight excluding hydrogens is 236 g/mol. The number of hydrogen-bond acceptors (Lipinski definition) is 5. The molecule has 7 nitrogen and oxygen atoms in total. The highest BCUT2D eigenvalue weighted by atomic mass is 16.5. The molecule has 7 heteroatoms. The number of aromatic nitrogens is 2. The first kappa shape index (κ1) is 12.4. The van der Waals surface area contributed by atoms with E-state index in [1.54, 1.807) is 11.1 Å². The van der Waals surface area contributed by atoms with Crippen LogP contribution < -0.4 is 5.73 Å². The zero-order valence-electron chi connectivity index (χ0n) is 10.0. The monoisotopic (exact) mass is 250 g/mol. The molecule has 2 heterocycles. The second-order valence-electron chi connectivity index (χ2n) is 4.03. The van der Waals surface area contributed by atoms with Crippen LogP contribution in [0, 0.1) is 0 Å². The van der Waals surface area contributed by atoms with Crippen molar-refractivity contribution in [1.29, 1.82) is 0 Å². The van der Waals surface area contributed by atoms with E-state index >= 15 is 0 Å². The molecule has 0 saturated heterocycles. The normalized spacial score (nSPS) is 14.2. The standard InChI is InChI=1S/C11H14N4O3/c1-18-6-9(16)15-3-2-7-4-13-11(10(12)17)14-8(7)5-15/h4H,2-3,5-6H2,1H3,(H2,12,17). The Morgan fingerprint density at radius 1 is 1.56 bits per heavy atom. The topological polar surface area (TPSA) is 98.4 Å². The fourth-order valence-corrected chi connectivity index (χ4v) is 1.85. The fraction of sp³-hybridized carbons (Fsp3) is 0.455. The van der Waals surface area contributed by atoms with Gasteiger partial charge in [-0.15, -0.1) is 0 Å². The van der Waals surface area contributed by atoms with E-state index in [0.29, 0.717) is 25.2 Å². The Morgan fingerprint density at radius 3 is 3.00 bits per heavy atom. The lowest BCUT2D eigenvalue weighted by atomic mass is 10.1. The van der Waals surface area contributed by atoms with Gasteiger partial charge in [-0.05, 0) is 12.0 Å². The maximum Gasteiger partial charge on any atom is 0.286 e. The summed E-state index contributed by atoms with van der Waals surface area (Å²) < 4.78 is 4.81. The summed E-state index contributed by atoms with van der Waals surface area (Å²) in [4.78, 5) is 32.3. The van der Waals surface area contributed by atoms with Crippen molar-refractivity contribution in [2.75, 3.05) is 20.3 Å². The predicted octanol–water partition coefficient (Wildman–Crippen LogP) is -0.893. The number of nitrogens with two attached hydrogens (primary N) is 1. The van der Waals surface area contributed by atoms with Gasteiger partial charge in [-0.25, -0.2) is 9.97 Å². The van der Waals surface area contributed by atoms with Crippen molar-refractivity contribution in [1.82, 2.24) is 14.9 Å². The highest BCUT2D eigenvalue weighted by Gasteiger charge is 2.22. The van der Waals surface area contributed by atoms with Gasteiger partial charge >= 0.3 is 0 Å². The molecule has 1 aliphatic heterocycles. The number of amides is 2. The van der Waals surface area contributed by atoms with Crippen molar-refractivity contribution in [3.05, 3.63) is 23.3 Å². The van der Waals surface area contributed by atoms with Gasteiger partial charge in [0.15, 0.2) is 0 Å². The van der Waals surface area contributed by atoms with Gasteiger partial charge in [0.25, 0.3) is 5.91 Å². The quantitative estimate of drug-likeness (QED) is 0.750. The first-order valence-electron chi connectivity index (χ1n) is 5.53. The van der Waals surface area contributed by atoms with Crippen molar-refractivity contribution >= 4 is 11.8 Å². The number of primary amides is 1. The molecule has 0 fully saturated rings. The van der Waals surface area contributed by atoms with Crippen molar-refractivity contribution in [2.45, 2.75) is 13.0 Å². The van der Waals surface area contributed by atoms with Crippen LogP contribution in [0.4, 0.5) is 0 Å². The maximum absolute atomic E-state index is 11.7. The fourth-order valence-electron chi connectivity index (χ4n) is 1.85. The minimum atomic E-state index is -0.668. The molecule has 18 heavy (non-hydrogen) atoms. The molecule has 0 radical (unpaired) electrons. The highest BCUT2D eigenvalue weighted by molar-refractivity contribution is 5.88. The molecule has 2 amide bonds. The predicted molar refractivity (Wildman–Crippen MR) is 61.5 cm³/mol. The average molecular weight is 250 g/mol. The Balaban J connectivity index is 2.19. The van der Waals surface area contributed by atoms with Gasteiger partial charge in [-0.1, -0.05) is 0 Å². The Morgan fingerprint density at radius 2 is 2.33 bits per heavy atom. The number of carbonyl (C=O) groups is 2. The summed E-state index contributed by atoms with van der Waals surface area (Å²) in [6, 6.07) is 0. The van der Waals surface area contributed by atoms with Gasteiger partial charge in [0, 0.05) is 19.9 Å².